The van der Waals surface area contributed by atoms with E-state index in [1.165, 1.54) is 13.2 Å². The van der Waals surface area contributed by atoms with Crippen LogP contribution in [0.3, 0.4) is 0 Å². The zero-order chi connectivity index (χ0) is 10.1. The summed E-state index contributed by atoms with van der Waals surface area (Å²) in [6, 6.07) is 0. The molecule has 0 aliphatic heterocycles. The van der Waals surface area contributed by atoms with E-state index in [4.69, 9.17) is 4.74 Å². The molecule has 4 heteroatoms. The summed E-state index contributed by atoms with van der Waals surface area (Å²) in [4.78, 5) is 21.2. The second kappa shape index (κ2) is 7.34. The van der Waals surface area contributed by atoms with E-state index >= 15 is 0 Å². The minimum absolute atomic E-state index is 0.145. The Morgan fingerprint density at radius 2 is 2.08 bits per heavy atom. The molecule has 0 saturated carbocycles. The lowest BCUT2D eigenvalue weighted by Gasteiger charge is -1.98. The number of carbonyl (C=O) groups excluding carboxylic acids is 2. The van der Waals surface area contributed by atoms with Crippen LogP contribution in [0.15, 0.2) is 12.3 Å². The van der Waals surface area contributed by atoms with Crippen LogP contribution in [-0.2, 0) is 19.1 Å². The Bertz CT molecular complexity index is 196. The summed E-state index contributed by atoms with van der Waals surface area (Å²) in [5, 5.41) is 0. The fourth-order valence-corrected chi connectivity index (χ4v) is 0.599. The van der Waals surface area contributed by atoms with Crippen molar-refractivity contribution < 1.29 is 19.1 Å². The Hall–Kier alpha value is -1.32. The Balaban J connectivity index is 3.42. The minimum Gasteiger partial charge on any atom is -0.502 e. The molecule has 0 atom stereocenters. The van der Waals surface area contributed by atoms with Crippen LogP contribution in [0.2, 0.25) is 0 Å². The molecule has 0 aromatic carbocycles. The molecule has 13 heavy (non-hydrogen) atoms. The number of Topliss-reactive ketones (excluding diaryl/α,β-unsaturated/α-hetero) is 1. The van der Waals surface area contributed by atoms with Gasteiger partial charge in [-0.2, -0.15) is 0 Å². The van der Waals surface area contributed by atoms with Gasteiger partial charge in [-0.15, -0.1) is 0 Å². The van der Waals surface area contributed by atoms with E-state index in [9.17, 15) is 9.59 Å². The van der Waals surface area contributed by atoms with Crippen LogP contribution >= 0.6 is 0 Å². The van der Waals surface area contributed by atoms with Crippen molar-refractivity contribution in [2.24, 2.45) is 0 Å². The Kier molecular flexibility index (Phi) is 6.59. The molecule has 0 rings (SSSR count). The van der Waals surface area contributed by atoms with Crippen molar-refractivity contribution in [3.05, 3.63) is 12.3 Å². The molecule has 0 aromatic heterocycles. The van der Waals surface area contributed by atoms with Crippen molar-refractivity contribution in [2.45, 2.75) is 20.3 Å². The van der Waals surface area contributed by atoms with Gasteiger partial charge in [-0.3, -0.25) is 9.59 Å². The van der Waals surface area contributed by atoms with Crippen molar-refractivity contribution in [3.63, 3.8) is 0 Å². The second-order valence-corrected chi connectivity index (χ2v) is 2.39. The van der Waals surface area contributed by atoms with E-state index in [1.54, 1.807) is 6.08 Å². The SMILES string of the molecule is CCO/C=C\COC(=O)CC(C)=O. The molecular formula is C9H14O4. The van der Waals surface area contributed by atoms with E-state index < -0.39 is 5.97 Å². The van der Waals surface area contributed by atoms with Crippen LogP contribution < -0.4 is 0 Å². The molecule has 0 amide bonds. The summed E-state index contributed by atoms with van der Waals surface area (Å²) in [5.41, 5.74) is 0. The van der Waals surface area contributed by atoms with Gasteiger partial charge in [-0.1, -0.05) is 0 Å². The van der Waals surface area contributed by atoms with E-state index in [2.05, 4.69) is 4.74 Å². The topological polar surface area (TPSA) is 52.6 Å². The number of hydrogen-bond acceptors (Lipinski definition) is 4. The van der Waals surface area contributed by atoms with Gasteiger partial charge in [0.15, 0.2) is 0 Å². The standard InChI is InChI=1S/C9H14O4/c1-3-12-5-4-6-13-9(11)7-8(2)10/h4-5H,3,6-7H2,1-2H3/b5-4-. The zero-order valence-corrected chi connectivity index (χ0v) is 7.91. The van der Waals surface area contributed by atoms with E-state index in [-0.39, 0.29) is 18.8 Å². The van der Waals surface area contributed by atoms with Crippen molar-refractivity contribution in [2.75, 3.05) is 13.2 Å². The lowest BCUT2D eigenvalue weighted by molar-refractivity contribution is -0.144. The fraction of sp³-hybridized carbons (Fsp3) is 0.556. The number of ketones is 1. The summed E-state index contributed by atoms with van der Waals surface area (Å²) in [7, 11) is 0. The maximum Gasteiger partial charge on any atom is 0.313 e. The van der Waals surface area contributed by atoms with Gasteiger partial charge < -0.3 is 9.47 Å². The second-order valence-electron chi connectivity index (χ2n) is 2.39. The summed E-state index contributed by atoms with van der Waals surface area (Å²) in [5.74, 6) is -0.701. The third-order valence-electron chi connectivity index (χ3n) is 1.09. The Morgan fingerprint density at radius 3 is 2.62 bits per heavy atom. The first kappa shape index (κ1) is 11.7. The molecule has 0 aromatic rings. The highest BCUT2D eigenvalue weighted by Crippen LogP contribution is 1.88. The third-order valence-corrected chi connectivity index (χ3v) is 1.09. The van der Waals surface area contributed by atoms with Crippen LogP contribution in [-0.4, -0.2) is 25.0 Å². The molecule has 4 nitrogen and oxygen atoms in total. The first-order valence-electron chi connectivity index (χ1n) is 4.08. The van der Waals surface area contributed by atoms with Crippen LogP contribution in [0, 0.1) is 0 Å². The first-order valence-corrected chi connectivity index (χ1v) is 4.08. The number of ether oxygens (including phenoxy) is 2. The average molecular weight is 186 g/mol. The smallest absolute Gasteiger partial charge is 0.313 e. The molecule has 0 heterocycles. The van der Waals surface area contributed by atoms with Crippen molar-refractivity contribution in [3.8, 4) is 0 Å². The lowest BCUT2D eigenvalue weighted by Crippen LogP contribution is -2.08. The predicted octanol–water partition coefficient (Wildman–Crippen LogP) is 1.06. The van der Waals surface area contributed by atoms with Crippen LogP contribution in [0.5, 0.6) is 0 Å². The van der Waals surface area contributed by atoms with Crippen LogP contribution in [0.4, 0.5) is 0 Å². The van der Waals surface area contributed by atoms with Gasteiger partial charge in [-0.25, -0.2) is 0 Å². The average Bonchev–Trinajstić information content (AvgIpc) is 2.02. The fourth-order valence-electron chi connectivity index (χ4n) is 0.599. The third kappa shape index (κ3) is 8.59. The van der Waals surface area contributed by atoms with Gasteiger partial charge in [0.2, 0.25) is 0 Å². The maximum atomic E-state index is 10.8. The molecule has 0 saturated heterocycles. The monoisotopic (exact) mass is 186 g/mol. The number of carbonyl (C=O) groups is 2. The van der Waals surface area contributed by atoms with E-state index in [1.807, 2.05) is 6.92 Å². The normalized spacial score (nSPS) is 10.0. The number of hydrogen-bond donors (Lipinski definition) is 0. The Labute approximate surface area is 77.5 Å². The molecule has 0 fully saturated rings. The highest BCUT2D eigenvalue weighted by atomic mass is 16.5. The zero-order valence-electron chi connectivity index (χ0n) is 7.91. The van der Waals surface area contributed by atoms with Crippen LogP contribution in [0.25, 0.3) is 0 Å². The minimum atomic E-state index is -0.506. The predicted molar refractivity (Wildman–Crippen MR) is 47.0 cm³/mol. The molecule has 0 unspecified atom stereocenters. The molecule has 0 bridgehead atoms. The van der Waals surface area contributed by atoms with E-state index in [0.29, 0.717) is 6.61 Å². The molecule has 0 aliphatic rings. The van der Waals surface area contributed by atoms with Crippen molar-refractivity contribution in [1.82, 2.24) is 0 Å². The molecule has 0 spiro atoms. The molecular weight excluding hydrogens is 172 g/mol. The summed E-state index contributed by atoms with van der Waals surface area (Å²) < 4.78 is 9.53. The quantitative estimate of drug-likeness (QED) is 0.353. The van der Waals surface area contributed by atoms with E-state index in [0.717, 1.165) is 0 Å². The number of esters is 1. The molecule has 0 aliphatic carbocycles. The van der Waals surface area contributed by atoms with Gasteiger partial charge in [0.05, 0.1) is 12.9 Å². The van der Waals surface area contributed by atoms with Crippen molar-refractivity contribution in [1.29, 1.82) is 0 Å². The van der Waals surface area contributed by atoms with Gasteiger partial charge in [0, 0.05) is 0 Å². The van der Waals surface area contributed by atoms with Crippen LogP contribution in [0.1, 0.15) is 20.3 Å². The highest BCUT2D eigenvalue weighted by Gasteiger charge is 2.04. The molecule has 0 N–H and O–H groups in total. The Morgan fingerprint density at radius 1 is 1.38 bits per heavy atom. The summed E-state index contributed by atoms with van der Waals surface area (Å²) in [6.07, 6.45) is 2.87. The van der Waals surface area contributed by atoms with Gasteiger partial charge in [-0.05, 0) is 19.9 Å². The van der Waals surface area contributed by atoms with Crippen molar-refractivity contribution >= 4 is 11.8 Å². The number of rotatable bonds is 6. The maximum absolute atomic E-state index is 10.8. The van der Waals surface area contributed by atoms with Gasteiger partial charge in [0.25, 0.3) is 0 Å². The summed E-state index contributed by atoms with van der Waals surface area (Å²) in [6.45, 7) is 3.92. The molecule has 0 radical (unpaired) electrons. The van der Waals surface area contributed by atoms with Gasteiger partial charge in [0.1, 0.15) is 18.8 Å². The summed E-state index contributed by atoms with van der Waals surface area (Å²) >= 11 is 0. The highest BCUT2D eigenvalue weighted by molar-refractivity contribution is 5.94. The first-order chi connectivity index (χ1) is 6.16. The lowest BCUT2D eigenvalue weighted by atomic mass is 10.3. The largest absolute Gasteiger partial charge is 0.502 e. The molecule has 74 valence electrons. The van der Waals surface area contributed by atoms with Gasteiger partial charge >= 0.3 is 5.97 Å².